The normalized spacial score (nSPS) is 26.4. The van der Waals surface area contributed by atoms with Crippen LogP contribution in [0.4, 0.5) is 0 Å². The molecule has 0 spiro atoms. The van der Waals surface area contributed by atoms with Gasteiger partial charge in [0.05, 0.1) is 25.8 Å². The van der Waals surface area contributed by atoms with Crippen molar-refractivity contribution in [2.75, 3.05) is 19.5 Å². The van der Waals surface area contributed by atoms with Gasteiger partial charge in [0.2, 0.25) is 0 Å². The topological polar surface area (TPSA) is 61.8 Å². The van der Waals surface area contributed by atoms with Gasteiger partial charge >= 0.3 is 5.97 Å². The van der Waals surface area contributed by atoms with E-state index >= 15 is 0 Å². The molecule has 0 amide bonds. The van der Waals surface area contributed by atoms with Crippen molar-refractivity contribution < 1.29 is 23.6 Å². The summed E-state index contributed by atoms with van der Waals surface area (Å²) >= 11 is 0. The number of carbonyl (C=O) groups is 1. The summed E-state index contributed by atoms with van der Waals surface area (Å²) in [6.45, 7) is 12.7. The van der Waals surface area contributed by atoms with Crippen LogP contribution < -0.4 is 0 Å². The molecule has 1 aliphatic rings. The quantitative estimate of drug-likeness (QED) is 0.588. The highest BCUT2D eigenvalue weighted by Gasteiger charge is 2.38. The van der Waals surface area contributed by atoms with Gasteiger partial charge < -0.3 is 18.8 Å². The predicted octanol–water partition coefficient (Wildman–Crippen LogP) is 3.25. The number of carbonyl (C=O) groups excluding carboxylic acids is 1. The first-order valence-corrected chi connectivity index (χ1v) is 10.2. The van der Waals surface area contributed by atoms with Gasteiger partial charge in [-0.25, -0.2) is 0 Å². The molecule has 21 heavy (non-hydrogen) atoms. The standard InChI is InChI=1S/C15H29O5P/c1-14(2,3)20-13(16)9-11-8-12(10-21(6,7)17)19-15(4,5)18-11/h11-12H,8-10H2,1-7H3. The Hall–Kier alpha value is -0.380. The van der Waals surface area contributed by atoms with Gasteiger partial charge in [-0.2, -0.15) is 0 Å². The molecule has 6 heteroatoms. The lowest BCUT2D eigenvalue weighted by Crippen LogP contribution is -2.46. The molecule has 1 fully saturated rings. The van der Waals surface area contributed by atoms with Crippen LogP contribution in [0.25, 0.3) is 0 Å². The molecule has 2 atom stereocenters. The zero-order chi connectivity index (χ0) is 16.5. The highest BCUT2D eigenvalue weighted by atomic mass is 31.2. The van der Waals surface area contributed by atoms with Crippen LogP contribution >= 0.6 is 7.14 Å². The van der Waals surface area contributed by atoms with E-state index in [4.69, 9.17) is 14.2 Å². The smallest absolute Gasteiger partial charge is 0.308 e. The summed E-state index contributed by atoms with van der Waals surface area (Å²) in [7, 11) is -2.18. The minimum atomic E-state index is -2.18. The van der Waals surface area contributed by atoms with E-state index in [-0.39, 0.29) is 24.6 Å². The van der Waals surface area contributed by atoms with Crippen molar-refractivity contribution >= 4 is 13.1 Å². The average molecular weight is 320 g/mol. The first-order valence-electron chi connectivity index (χ1n) is 7.37. The number of ether oxygens (including phenoxy) is 3. The Balaban J connectivity index is 2.65. The molecule has 0 bridgehead atoms. The van der Waals surface area contributed by atoms with Crippen molar-refractivity contribution in [3.8, 4) is 0 Å². The van der Waals surface area contributed by atoms with E-state index in [9.17, 15) is 9.36 Å². The highest BCUT2D eigenvalue weighted by Crippen LogP contribution is 2.41. The SMILES string of the molecule is CC(C)(C)OC(=O)CC1CC(CP(C)(C)=O)OC(C)(C)O1. The first kappa shape index (κ1) is 18.7. The van der Waals surface area contributed by atoms with Gasteiger partial charge in [-0.3, -0.25) is 4.79 Å². The lowest BCUT2D eigenvalue weighted by atomic mass is 10.1. The molecule has 0 aromatic carbocycles. The van der Waals surface area contributed by atoms with Gasteiger partial charge in [0.25, 0.3) is 0 Å². The fraction of sp³-hybridized carbons (Fsp3) is 0.933. The van der Waals surface area contributed by atoms with Crippen LogP contribution in [0, 0.1) is 0 Å². The van der Waals surface area contributed by atoms with Crippen molar-refractivity contribution in [1.82, 2.24) is 0 Å². The van der Waals surface area contributed by atoms with Gasteiger partial charge in [-0.05, 0) is 47.9 Å². The second-order valence-electron chi connectivity index (χ2n) is 7.66. The van der Waals surface area contributed by atoms with Crippen LogP contribution in [-0.2, 0) is 23.6 Å². The Morgan fingerprint density at radius 2 is 1.76 bits per heavy atom. The van der Waals surface area contributed by atoms with E-state index in [0.29, 0.717) is 12.6 Å². The molecule has 1 aliphatic heterocycles. The fourth-order valence-corrected chi connectivity index (χ4v) is 3.72. The lowest BCUT2D eigenvalue weighted by Gasteiger charge is -2.41. The second kappa shape index (κ2) is 6.39. The summed E-state index contributed by atoms with van der Waals surface area (Å²) < 4.78 is 28.9. The number of rotatable bonds is 4. The Labute approximate surface area is 128 Å². The van der Waals surface area contributed by atoms with E-state index < -0.39 is 18.5 Å². The maximum Gasteiger partial charge on any atom is 0.308 e. The van der Waals surface area contributed by atoms with Gasteiger partial charge in [0, 0.05) is 12.6 Å². The molecule has 2 unspecified atom stereocenters. The molecule has 0 aromatic rings. The van der Waals surface area contributed by atoms with Gasteiger partial charge in [-0.1, -0.05) is 0 Å². The average Bonchev–Trinajstić information content (AvgIpc) is 2.06. The van der Waals surface area contributed by atoms with E-state index in [0.717, 1.165) is 0 Å². The van der Waals surface area contributed by atoms with Gasteiger partial charge in [-0.15, -0.1) is 0 Å². The second-order valence-corrected chi connectivity index (χ2v) is 11.2. The van der Waals surface area contributed by atoms with E-state index in [1.807, 2.05) is 34.6 Å². The lowest BCUT2D eigenvalue weighted by molar-refractivity contribution is -0.295. The van der Waals surface area contributed by atoms with Crippen molar-refractivity contribution in [1.29, 1.82) is 0 Å². The Kier molecular flexibility index (Phi) is 5.68. The summed E-state index contributed by atoms with van der Waals surface area (Å²) in [6.07, 6.45) is 0.846. The monoisotopic (exact) mass is 320 g/mol. The molecule has 0 aromatic heterocycles. The molecule has 0 saturated carbocycles. The number of hydrogen-bond acceptors (Lipinski definition) is 5. The maximum atomic E-state index is 12.0. The Morgan fingerprint density at radius 3 is 2.24 bits per heavy atom. The summed E-state index contributed by atoms with van der Waals surface area (Å²) in [5.74, 6) is -1.05. The van der Waals surface area contributed by atoms with Crippen LogP contribution in [0.2, 0.25) is 0 Å². The molecular weight excluding hydrogens is 291 g/mol. The molecule has 1 rings (SSSR count). The van der Waals surface area contributed by atoms with Crippen molar-refractivity contribution in [2.45, 2.75) is 71.1 Å². The molecule has 0 radical (unpaired) electrons. The molecule has 124 valence electrons. The van der Waals surface area contributed by atoms with Crippen LogP contribution in [-0.4, -0.2) is 49.1 Å². The Morgan fingerprint density at radius 1 is 1.24 bits per heavy atom. The highest BCUT2D eigenvalue weighted by molar-refractivity contribution is 7.62. The molecule has 1 saturated heterocycles. The fourth-order valence-electron chi connectivity index (χ4n) is 2.52. The van der Waals surface area contributed by atoms with Crippen LogP contribution in [0.5, 0.6) is 0 Å². The third-order valence-electron chi connectivity index (χ3n) is 2.88. The van der Waals surface area contributed by atoms with Crippen LogP contribution in [0.3, 0.4) is 0 Å². The molecule has 0 aliphatic carbocycles. The zero-order valence-electron chi connectivity index (χ0n) is 14.3. The van der Waals surface area contributed by atoms with Crippen LogP contribution in [0.15, 0.2) is 0 Å². The summed E-state index contributed by atoms with van der Waals surface area (Å²) in [6, 6.07) is 0. The van der Waals surface area contributed by atoms with Crippen LogP contribution in [0.1, 0.15) is 47.5 Å². The van der Waals surface area contributed by atoms with E-state index in [2.05, 4.69) is 0 Å². The van der Waals surface area contributed by atoms with Crippen molar-refractivity contribution in [3.05, 3.63) is 0 Å². The van der Waals surface area contributed by atoms with E-state index in [1.54, 1.807) is 13.3 Å². The minimum Gasteiger partial charge on any atom is -0.460 e. The maximum absolute atomic E-state index is 12.0. The summed E-state index contributed by atoms with van der Waals surface area (Å²) in [5, 5.41) is 0. The largest absolute Gasteiger partial charge is 0.460 e. The zero-order valence-corrected chi connectivity index (χ0v) is 15.2. The molecule has 5 nitrogen and oxygen atoms in total. The first-order chi connectivity index (χ1) is 9.26. The van der Waals surface area contributed by atoms with Crippen molar-refractivity contribution in [2.24, 2.45) is 0 Å². The van der Waals surface area contributed by atoms with E-state index in [1.165, 1.54) is 0 Å². The third kappa shape index (κ3) is 7.98. The molecule has 0 N–H and O–H groups in total. The Bertz CT molecular complexity index is 418. The van der Waals surface area contributed by atoms with Gasteiger partial charge in [0.15, 0.2) is 5.79 Å². The summed E-state index contributed by atoms with van der Waals surface area (Å²) in [4.78, 5) is 11.9. The van der Waals surface area contributed by atoms with Crippen molar-refractivity contribution in [3.63, 3.8) is 0 Å². The minimum absolute atomic E-state index is 0.151. The van der Waals surface area contributed by atoms with Gasteiger partial charge in [0.1, 0.15) is 5.60 Å². The predicted molar refractivity (Wildman–Crippen MR) is 83.2 cm³/mol. The number of hydrogen-bond donors (Lipinski definition) is 0. The number of esters is 1. The third-order valence-corrected chi connectivity index (χ3v) is 4.17. The molecule has 1 heterocycles. The molecular formula is C15H29O5P. The summed E-state index contributed by atoms with van der Waals surface area (Å²) in [5.41, 5.74) is -0.500.